The Hall–Kier alpha value is -2.89. The molecule has 3 rings (SSSR count). The number of morpholine rings is 1. The molecule has 0 radical (unpaired) electrons. The molecule has 0 aliphatic carbocycles. The van der Waals surface area contributed by atoms with Crippen LogP contribution in [0, 0.1) is 11.3 Å². The fourth-order valence-corrected chi connectivity index (χ4v) is 2.69. The van der Waals surface area contributed by atoms with Gasteiger partial charge in [0, 0.05) is 25.2 Å². The van der Waals surface area contributed by atoms with Crippen molar-refractivity contribution in [3.8, 4) is 23.1 Å². The van der Waals surface area contributed by atoms with Crippen molar-refractivity contribution in [2.75, 3.05) is 37.8 Å². The molecule has 1 aliphatic rings. The lowest BCUT2D eigenvalue weighted by Gasteiger charge is -2.26. The second-order valence-corrected chi connectivity index (χ2v) is 5.54. The van der Waals surface area contributed by atoms with Gasteiger partial charge in [0.15, 0.2) is 0 Å². The summed E-state index contributed by atoms with van der Waals surface area (Å²) in [6.07, 6.45) is 0. The van der Waals surface area contributed by atoms with E-state index in [2.05, 4.69) is 14.9 Å². The van der Waals surface area contributed by atoms with Crippen LogP contribution in [-0.4, -0.2) is 46.3 Å². The molecule has 1 aromatic heterocycles. The molecule has 1 fully saturated rings. The standard InChI is InChI=1S/C16H18N6O2/c17-8-12-14(20-16(19)21-15(12)18)11-7-10(1-2-13(11)23)9-22-3-5-24-6-4-22/h1-2,7,23H,3-6,9H2,(H4,18,19,20,21). The number of anilines is 2. The molecule has 5 N–H and O–H groups in total. The predicted octanol–water partition coefficient (Wildman–Crippen LogP) is 0.717. The lowest BCUT2D eigenvalue weighted by atomic mass is 10.0. The van der Waals surface area contributed by atoms with E-state index in [1.807, 2.05) is 12.1 Å². The number of hydrogen-bond donors (Lipinski definition) is 3. The molecule has 1 aliphatic heterocycles. The number of nitrogen functional groups attached to an aromatic ring is 2. The largest absolute Gasteiger partial charge is 0.507 e. The maximum atomic E-state index is 10.2. The Morgan fingerprint density at radius 1 is 1.25 bits per heavy atom. The summed E-state index contributed by atoms with van der Waals surface area (Å²) in [7, 11) is 0. The smallest absolute Gasteiger partial charge is 0.222 e. The van der Waals surface area contributed by atoms with Crippen molar-refractivity contribution in [1.29, 1.82) is 5.26 Å². The first-order chi connectivity index (χ1) is 11.6. The second kappa shape index (κ2) is 6.70. The molecule has 0 amide bonds. The molecule has 2 aromatic rings. The monoisotopic (exact) mass is 326 g/mol. The zero-order chi connectivity index (χ0) is 17.1. The van der Waals surface area contributed by atoms with Gasteiger partial charge < -0.3 is 21.3 Å². The Bertz CT molecular complexity index is 796. The lowest BCUT2D eigenvalue weighted by molar-refractivity contribution is 0.0342. The molecule has 124 valence electrons. The molecular formula is C16H18N6O2. The van der Waals surface area contributed by atoms with E-state index in [9.17, 15) is 10.4 Å². The van der Waals surface area contributed by atoms with Gasteiger partial charge >= 0.3 is 0 Å². The number of phenolic OH excluding ortho intramolecular Hbond substituents is 1. The number of phenols is 1. The van der Waals surface area contributed by atoms with E-state index in [4.69, 9.17) is 16.2 Å². The fraction of sp³-hybridized carbons (Fsp3) is 0.312. The van der Waals surface area contributed by atoms with Crippen LogP contribution < -0.4 is 11.5 Å². The highest BCUT2D eigenvalue weighted by atomic mass is 16.5. The van der Waals surface area contributed by atoms with Gasteiger partial charge in [-0.25, -0.2) is 4.98 Å². The molecular weight excluding hydrogens is 308 g/mol. The third-order valence-corrected chi connectivity index (χ3v) is 3.89. The van der Waals surface area contributed by atoms with Gasteiger partial charge in [-0.1, -0.05) is 6.07 Å². The summed E-state index contributed by atoms with van der Waals surface area (Å²) in [6.45, 7) is 3.85. The Labute approximate surface area is 139 Å². The Morgan fingerprint density at radius 3 is 2.71 bits per heavy atom. The van der Waals surface area contributed by atoms with Crippen molar-refractivity contribution in [3.05, 3.63) is 29.3 Å². The Balaban J connectivity index is 1.99. The number of ether oxygens (including phenoxy) is 1. The second-order valence-electron chi connectivity index (χ2n) is 5.54. The summed E-state index contributed by atoms with van der Waals surface area (Å²) in [5.74, 6) is -0.0350. The quantitative estimate of drug-likeness (QED) is 0.751. The zero-order valence-electron chi connectivity index (χ0n) is 13.1. The molecule has 0 spiro atoms. The van der Waals surface area contributed by atoms with Gasteiger partial charge in [0.05, 0.1) is 18.9 Å². The van der Waals surface area contributed by atoms with Gasteiger partial charge in [-0.3, -0.25) is 4.90 Å². The first-order valence-electron chi connectivity index (χ1n) is 7.54. The normalized spacial score (nSPS) is 15.1. The van der Waals surface area contributed by atoms with Gasteiger partial charge in [0.1, 0.15) is 23.2 Å². The van der Waals surface area contributed by atoms with Gasteiger partial charge in [-0.2, -0.15) is 10.2 Å². The summed E-state index contributed by atoms with van der Waals surface area (Å²) in [4.78, 5) is 10.1. The van der Waals surface area contributed by atoms with Crippen LogP contribution >= 0.6 is 0 Å². The van der Waals surface area contributed by atoms with Gasteiger partial charge in [0.25, 0.3) is 0 Å². The number of rotatable bonds is 3. The molecule has 8 nitrogen and oxygen atoms in total. The molecule has 8 heteroatoms. The number of nitriles is 1. The third kappa shape index (κ3) is 3.22. The van der Waals surface area contributed by atoms with E-state index in [-0.39, 0.29) is 28.8 Å². The topological polar surface area (TPSA) is 134 Å². The minimum atomic E-state index is -0.0421. The molecule has 0 saturated carbocycles. The van der Waals surface area contributed by atoms with Crippen LogP contribution in [0.2, 0.25) is 0 Å². The van der Waals surface area contributed by atoms with Crippen LogP contribution in [0.25, 0.3) is 11.3 Å². The molecule has 1 saturated heterocycles. The number of aromatic nitrogens is 2. The maximum absolute atomic E-state index is 10.2. The number of nitrogens with two attached hydrogens (primary N) is 2. The highest BCUT2D eigenvalue weighted by molar-refractivity contribution is 5.77. The van der Waals surface area contributed by atoms with Crippen molar-refractivity contribution in [3.63, 3.8) is 0 Å². The van der Waals surface area contributed by atoms with E-state index >= 15 is 0 Å². The Kier molecular flexibility index (Phi) is 4.46. The van der Waals surface area contributed by atoms with Crippen LogP contribution in [0.1, 0.15) is 11.1 Å². The van der Waals surface area contributed by atoms with Crippen LogP contribution in [0.5, 0.6) is 5.75 Å². The summed E-state index contributed by atoms with van der Waals surface area (Å²) in [5.41, 5.74) is 13.1. The van der Waals surface area contributed by atoms with E-state index in [1.54, 1.807) is 12.1 Å². The Morgan fingerprint density at radius 2 is 2.00 bits per heavy atom. The molecule has 0 bridgehead atoms. The van der Waals surface area contributed by atoms with Crippen molar-refractivity contribution in [1.82, 2.24) is 14.9 Å². The molecule has 2 heterocycles. The van der Waals surface area contributed by atoms with Crippen LogP contribution in [0.15, 0.2) is 18.2 Å². The summed E-state index contributed by atoms with van der Waals surface area (Å²) in [6, 6.07) is 7.20. The first kappa shape index (κ1) is 16.0. The number of aromatic hydroxyl groups is 1. The van der Waals surface area contributed by atoms with Gasteiger partial charge in [-0.15, -0.1) is 0 Å². The summed E-state index contributed by atoms with van der Waals surface area (Å²) in [5, 5.41) is 19.5. The van der Waals surface area contributed by atoms with Gasteiger partial charge in [-0.05, 0) is 17.7 Å². The average molecular weight is 326 g/mol. The highest BCUT2D eigenvalue weighted by Crippen LogP contribution is 2.33. The molecule has 24 heavy (non-hydrogen) atoms. The lowest BCUT2D eigenvalue weighted by Crippen LogP contribution is -2.35. The summed E-state index contributed by atoms with van der Waals surface area (Å²) < 4.78 is 5.34. The van der Waals surface area contributed by atoms with Crippen molar-refractivity contribution >= 4 is 11.8 Å². The van der Waals surface area contributed by atoms with E-state index in [0.29, 0.717) is 25.3 Å². The average Bonchev–Trinajstić information content (AvgIpc) is 2.57. The first-order valence-corrected chi connectivity index (χ1v) is 7.54. The SMILES string of the molecule is N#Cc1c(N)nc(N)nc1-c1cc(CN2CCOCC2)ccc1O. The third-order valence-electron chi connectivity index (χ3n) is 3.89. The van der Waals surface area contributed by atoms with Gasteiger partial charge in [0.2, 0.25) is 5.95 Å². The minimum absolute atomic E-state index is 0.00187. The number of nitrogens with zero attached hydrogens (tertiary/aromatic N) is 4. The highest BCUT2D eigenvalue weighted by Gasteiger charge is 2.18. The van der Waals surface area contributed by atoms with Crippen molar-refractivity contribution in [2.24, 2.45) is 0 Å². The zero-order valence-corrected chi connectivity index (χ0v) is 13.1. The van der Waals surface area contributed by atoms with Crippen LogP contribution in [0.4, 0.5) is 11.8 Å². The minimum Gasteiger partial charge on any atom is -0.507 e. The van der Waals surface area contributed by atoms with E-state index in [0.717, 1.165) is 18.7 Å². The van der Waals surface area contributed by atoms with Crippen molar-refractivity contribution < 1.29 is 9.84 Å². The predicted molar refractivity (Wildman–Crippen MR) is 88.8 cm³/mol. The molecule has 1 aromatic carbocycles. The molecule has 0 unspecified atom stereocenters. The number of hydrogen-bond acceptors (Lipinski definition) is 8. The van der Waals surface area contributed by atoms with Crippen LogP contribution in [0.3, 0.4) is 0 Å². The fourth-order valence-electron chi connectivity index (χ4n) is 2.69. The van der Waals surface area contributed by atoms with Crippen LogP contribution in [-0.2, 0) is 11.3 Å². The maximum Gasteiger partial charge on any atom is 0.222 e. The van der Waals surface area contributed by atoms with Crippen molar-refractivity contribution in [2.45, 2.75) is 6.54 Å². The van der Waals surface area contributed by atoms with E-state index in [1.165, 1.54) is 0 Å². The summed E-state index contributed by atoms with van der Waals surface area (Å²) >= 11 is 0. The van der Waals surface area contributed by atoms with E-state index < -0.39 is 0 Å². The number of benzene rings is 1. The molecule has 0 atom stereocenters.